The maximum absolute atomic E-state index is 12.1. The highest BCUT2D eigenvalue weighted by atomic mass is 32.1. The highest BCUT2D eigenvalue weighted by Gasteiger charge is 2.32. The Kier molecular flexibility index (Phi) is 4.74. The third-order valence-electron chi connectivity index (χ3n) is 3.52. The zero-order valence-electron chi connectivity index (χ0n) is 12.5. The molecule has 7 heteroatoms. The average Bonchev–Trinajstić information content (AvgIpc) is 2.45. The number of nitrogens with one attached hydrogen (secondary N) is 1. The number of carbonyl (C=O) groups is 1. The van der Waals surface area contributed by atoms with Crippen LogP contribution in [-0.2, 0) is 9.53 Å². The molecule has 3 N–H and O–H groups in total. The van der Waals surface area contributed by atoms with Crippen LogP contribution in [0, 0.1) is 13.8 Å². The number of nitrogens with two attached hydrogens (primary N) is 1. The Labute approximate surface area is 129 Å². The molecule has 114 valence electrons. The van der Waals surface area contributed by atoms with Crippen LogP contribution in [-0.4, -0.2) is 48.7 Å². The van der Waals surface area contributed by atoms with E-state index in [1.54, 1.807) is 7.05 Å². The SMILES string of the molecule is CNC(=O)C1COCCN1c1nc(C)cc(C)c1C(N)=S. The summed E-state index contributed by atoms with van der Waals surface area (Å²) in [6.45, 7) is 5.30. The summed E-state index contributed by atoms with van der Waals surface area (Å²) in [4.78, 5) is 18.9. The van der Waals surface area contributed by atoms with E-state index in [1.165, 1.54) is 0 Å². The number of amides is 1. The summed E-state index contributed by atoms with van der Waals surface area (Å²) in [5, 5.41) is 2.66. The van der Waals surface area contributed by atoms with E-state index in [0.29, 0.717) is 25.6 Å². The van der Waals surface area contributed by atoms with Crippen LogP contribution in [0.5, 0.6) is 0 Å². The summed E-state index contributed by atoms with van der Waals surface area (Å²) >= 11 is 5.16. The lowest BCUT2D eigenvalue weighted by atomic mass is 10.1. The molecule has 0 saturated carbocycles. The highest BCUT2D eigenvalue weighted by Crippen LogP contribution is 2.26. The van der Waals surface area contributed by atoms with Crippen LogP contribution in [0.25, 0.3) is 0 Å². The first-order valence-electron chi connectivity index (χ1n) is 6.79. The van der Waals surface area contributed by atoms with Gasteiger partial charge in [0.1, 0.15) is 16.8 Å². The molecule has 0 radical (unpaired) electrons. The van der Waals surface area contributed by atoms with Gasteiger partial charge in [-0.15, -0.1) is 0 Å². The van der Waals surface area contributed by atoms with Crippen molar-refractivity contribution in [3.05, 3.63) is 22.9 Å². The molecule has 1 aromatic heterocycles. The van der Waals surface area contributed by atoms with Crippen molar-refractivity contribution >= 4 is 28.9 Å². The quantitative estimate of drug-likeness (QED) is 0.781. The van der Waals surface area contributed by atoms with Crippen LogP contribution in [0.1, 0.15) is 16.8 Å². The Bertz CT molecular complexity index is 576. The number of anilines is 1. The number of ether oxygens (including phenoxy) is 1. The first-order chi connectivity index (χ1) is 9.95. The summed E-state index contributed by atoms with van der Waals surface area (Å²) in [5.74, 6) is 0.557. The number of aromatic nitrogens is 1. The minimum atomic E-state index is -0.425. The van der Waals surface area contributed by atoms with Gasteiger partial charge in [-0.05, 0) is 25.5 Å². The maximum Gasteiger partial charge on any atom is 0.244 e. The van der Waals surface area contributed by atoms with E-state index >= 15 is 0 Å². The number of carbonyl (C=O) groups excluding carboxylic acids is 1. The molecule has 0 bridgehead atoms. The number of morpholine rings is 1. The number of pyridine rings is 1. The zero-order chi connectivity index (χ0) is 15.6. The monoisotopic (exact) mass is 308 g/mol. The van der Waals surface area contributed by atoms with E-state index in [-0.39, 0.29) is 10.9 Å². The Hall–Kier alpha value is -1.73. The van der Waals surface area contributed by atoms with Gasteiger partial charge < -0.3 is 20.7 Å². The molecule has 2 rings (SSSR count). The second-order valence-electron chi connectivity index (χ2n) is 5.04. The Morgan fingerprint density at radius 3 is 2.90 bits per heavy atom. The van der Waals surface area contributed by atoms with Crippen molar-refractivity contribution in [2.45, 2.75) is 19.9 Å². The van der Waals surface area contributed by atoms with Crippen molar-refractivity contribution in [3.63, 3.8) is 0 Å². The van der Waals surface area contributed by atoms with Gasteiger partial charge in [0.05, 0.1) is 18.8 Å². The number of likely N-dealkylation sites (N-methyl/N-ethyl adjacent to an activating group) is 1. The summed E-state index contributed by atoms with van der Waals surface area (Å²) < 4.78 is 5.42. The molecule has 1 aliphatic rings. The van der Waals surface area contributed by atoms with Gasteiger partial charge in [-0.2, -0.15) is 0 Å². The fourth-order valence-corrected chi connectivity index (χ4v) is 2.82. The Morgan fingerprint density at radius 2 is 2.29 bits per heavy atom. The number of thiocarbonyl (C=S) groups is 1. The number of aryl methyl sites for hydroxylation is 2. The molecule has 1 saturated heterocycles. The first kappa shape index (κ1) is 15.7. The van der Waals surface area contributed by atoms with Gasteiger partial charge in [-0.25, -0.2) is 4.98 Å². The predicted octanol–water partition coefficient (Wildman–Crippen LogP) is 0.284. The molecule has 1 unspecified atom stereocenters. The van der Waals surface area contributed by atoms with E-state index in [2.05, 4.69) is 10.3 Å². The van der Waals surface area contributed by atoms with Gasteiger partial charge >= 0.3 is 0 Å². The van der Waals surface area contributed by atoms with Crippen LogP contribution < -0.4 is 16.0 Å². The van der Waals surface area contributed by atoms with Crippen molar-refractivity contribution in [2.75, 3.05) is 31.7 Å². The summed E-state index contributed by atoms with van der Waals surface area (Å²) in [5.41, 5.74) is 8.42. The molecule has 1 fully saturated rings. The molecule has 1 atom stereocenters. The van der Waals surface area contributed by atoms with Crippen LogP contribution in [0.4, 0.5) is 5.82 Å². The van der Waals surface area contributed by atoms with Crippen LogP contribution in [0.3, 0.4) is 0 Å². The zero-order valence-corrected chi connectivity index (χ0v) is 13.3. The summed E-state index contributed by atoms with van der Waals surface area (Å²) in [6, 6.07) is 1.51. The molecule has 0 aliphatic carbocycles. The maximum atomic E-state index is 12.1. The molecule has 0 spiro atoms. The smallest absolute Gasteiger partial charge is 0.244 e. The van der Waals surface area contributed by atoms with Crippen molar-refractivity contribution < 1.29 is 9.53 Å². The number of nitrogens with zero attached hydrogens (tertiary/aromatic N) is 2. The second kappa shape index (κ2) is 6.36. The van der Waals surface area contributed by atoms with Gasteiger partial charge in [0.25, 0.3) is 0 Å². The fraction of sp³-hybridized carbons (Fsp3) is 0.500. The summed E-state index contributed by atoms with van der Waals surface area (Å²) in [6.07, 6.45) is 0. The molecule has 1 amide bonds. The molecular formula is C14H20N4O2S. The van der Waals surface area contributed by atoms with Gasteiger partial charge in [-0.3, -0.25) is 4.79 Å². The lowest BCUT2D eigenvalue weighted by molar-refractivity contribution is -0.124. The average molecular weight is 308 g/mol. The van der Waals surface area contributed by atoms with Crippen molar-refractivity contribution in [1.82, 2.24) is 10.3 Å². The third kappa shape index (κ3) is 3.14. The topological polar surface area (TPSA) is 80.5 Å². The lowest BCUT2D eigenvalue weighted by Gasteiger charge is -2.36. The largest absolute Gasteiger partial charge is 0.389 e. The molecule has 6 nitrogen and oxygen atoms in total. The van der Waals surface area contributed by atoms with Gasteiger partial charge in [0, 0.05) is 19.3 Å². The van der Waals surface area contributed by atoms with E-state index in [4.69, 9.17) is 22.7 Å². The van der Waals surface area contributed by atoms with Crippen LogP contribution >= 0.6 is 12.2 Å². The standard InChI is InChI=1S/C14H20N4O2S/c1-8-6-9(2)17-13(11(8)12(15)21)18-4-5-20-7-10(18)14(19)16-3/h6,10H,4-5,7H2,1-3H3,(H2,15,21)(H,16,19). The van der Waals surface area contributed by atoms with E-state index < -0.39 is 6.04 Å². The lowest BCUT2D eigenvalue weighted by Crippen LogP contribution is -2.54. The predicted molar refractivity (Wildman–Crippen MR) is 85.6 cm³/mol. The minimum absolute atomic E-state index is 0.107. The van der Waals surface area contributed by atoms with Crippen LogP contribution in [0.15, 0.2) is 6.07 Å². The minimum Gasteiger partial charge on any atom is -0.389 e. The van der Waals surface area contributed by atoms with Crippen LogP contribution in [0.2, 0.25) is 0 Å². The highest BCUT2D eigenvalue weighted by molar-refractivity contribution is 7.80. The van der Waals surface area contributed by atoms with Crippen molar-refractivity contribution in [2.24, 2.45) is 5.73 Å². The van der Waals surface area contributed by atoms with E-state index in [0.717, 1.165) is 16.8 Å². The Balaban J connectivity index is 2.52. The van der Waals surface area contributed by atoms with Gasteiger partial charge in [-0.1, -0.05) is 12.2 Å². The first-order valence-corrected chi connectivity index (χ1v) is 7.20. The number of hydrogen-bond acceptors (Lipinski definition) is 5. The second-order valence-corrected chi connectivity index (χ2v) is 5.48. The molecule has 1 aromatic rings. The molecular weight excluding hydrogens is 288 g/mol. The van der Waals surface area contributed by atoms with Gasteiger partial charge in [0.15, 0.2) is 0 Å². The van der Waals surface area contributed by atoms with Crippen molar-refractivity contribution in [3.8, 4) is 0 Å². The fourth-order valence-electron chi connectivity index (χ4n) is 2.57. The Morgan fingerprint density at radius 1 is 1.57 bits per heavy atom. The number of rotatable bonds is 3. The van der Waals surface area contributed by atoms with E-state index in [1.807, 2.05) is 24.8 Å². The normalized spacial score (nSPS) is 18.4. The molecule has 1 aliphatic heterocycles. The third-order valence-corrected chi connectivity index (χ3v) is 3.73. The van der Waals surface area contributed by atoms with Crippen molar-refractivity contribution in [1.29, 1.82) is 0 Å². The van der Waals surface area contributed by atoms with Gasteiger partial charge in [0.2, 0.25) is 5.91 Å². The summed E-state index contributed by atoms with van der Waals surface area (Å²) in [7, 11) is 1.61. The molecule has 2 heterocycles. The molecule has 21 heavy (non-hydrogen) atoms. The van der Waals surface area contributed by atoms with E-state index in [9.17, 15) is 4.79 Å². The molecule has 0 aromatic carbocycles. The number of hydrogen-bond donors (Lipinski definition) is 2.